The maximum absolute atomic E-state index is 12.7. The lowest BCUT2D eigenvalue weighted by atomic mass is 9.83. The fourth-order valence-corrected chi connectivity index (χ4v) is 4.47. The maximum atomic E-state index is 12.7. The normalized spacial score (nSPS) is 21.2. The monoisotopic (exact) mass is 443 g/mol. The van der Waals surface area contributed by atoms with E-state index in [0.29, 0.717) is 24.3 Å². The van der Waals surface area contributed by atoms with Crippen LogP contribution in [0.25, 0.3) is 0 Å². The largest absolute Gasteiger partial charge is 1.00 e. The number of carbonyl (C=O) groups excluding carboxylic acids is 2. The van der Waals surface area contributed by atoms with Gasteiger partial charge < -0.3 is 32.9 Å². The summed E-state index contributed by atoms with van der Waals surface area (Å²) in [4.78, 5) is 37.6. The first-order valence-electron chi connectivity index (χ1n) is 8.92. The van der Waals surface area contributed by atoms with Crippen LogP contribution in [0.15, 0.2) is 34.9 Å². The van der Waals surface area contributed by atoms with Gasteiger partial charge in [0.2, 0.25) is 5.91 Å². The van der Waals surface area contributed by atoms with Crippen molar-refractivity contribution in [3.8, 4) is 0 Å². The molecule has 2 heterocycles. The second kappa shape index (κ2) is 9.57. The molecular formula is C18H22ClN3O6S. The molecule has 3 atom stereocenters. The number of halogens is 1. The molecule has 0 unspecified atom stereocenters. The van der Waals surface area contributed by atoms with Gasteiger partial charge in [-0.25, -0.2) is 4.79 Å². The number of fused-ring (bicyclic) bond motifs is 1. The lowest BCUT2D eigenvalue weighted by molar-refractivity contribution is -0.384. The Morgan fingerprint density at radius 3 is 2.66 bits per heavy atom. The van der Waals surface area contributed by atoms with Gasteiger partial charge in [0.15, 0.2) is 0 Å². The smallest absolute Gasteiger partial charge is 0.356 e. The highest BCUT2D eigenvalue weighted by Gasteiger charge is 2.56. The third kappa shape index (κ3) is 4.55. The van der Waals surface area contributed by atoms with Crippen LogP contribution >= 0.6 is 11.8 Å². The third-order valence-corrected chi connectivity index (χ3v) is 6.02. The number of hydrogen-bond acceptors (Lipinski definition) is 7. The minimum Gasteiger partial charge on any atom is -1.00 e. The van der Waals surface area contributed by atoms with Crippen LogP contribution in [-0.4, -0.2) is 51.2 Å². The van der Waals surface area contributed by atoms with E-state index in [1.54, 1.807) is 6.92 Å². The molecular weight excluding hydrogens is 422 g/mol. The number of amides is 1. The molecule has 0 spiro atoms. The second-order valence-corrected chi connectivity index (χ2v) is 7.91. The molecule has 158 valence electrons. The minimum atomic E-state index is -0.775. The number of quaternary nitrogens is 1. The Bertz CT molecular complexity index is 829. The molecule has 1 aromatic carbocycles. The molecule has 1 saturated heterocycles. The summed E-state index contributed by atoms with van der Waals surface area (Å²) in [5.41, 5.74) is 4.60. The summed E-state index contributed by atoms with van der Waals surface area (Å²) in [6, 6.07) is 5.51. The van der Waals surface area contributed by atoms with Gasteiger partial charge in [0.05, 0.1) is 29.5 Å². The number of nitro groups is 1. The number of aliphatic hydroxyl groups excluding tert-OH is 1. The molecule has 11 heteroatoms. The van der Waals surface area contributed by atoms with Crippen molar-refractivity contribution in [1.29, 1.82) is 0 Å². The molecule has 0 bridgehead atoms. The maximum Gasteiger partial charge on any atom is 0.356 e. The quantitative estimate of drug-likeness (QED) is 0.195. The van der Waals surface area contributed by atoms with Gasteiger partial charge in [0, 0.05) is 29.2 Å². The van der Waals surface area contributed by atoms with E-state index in [2.05, 4.69) is 5.73 Å². The highest BCUT2D eigenvalue weighted by Crippen LogP contribution is 2.47. The van der Waals surface area contributed by atoms with Gasteiger partial charge in [0.1, 0.15) is 12.3 Å². The number of esters is 1. The van der Waals surface area contributed by atoms with Gasteiger partial charge in [-0.15, -0.1) is 11.8 Å². The lowest BCUT2D eigenvalue weighted by Gasteiger charge is -2.44. The van der Waals surface area contributed by atoms with Gasteiger partial charge >= 0.3 is 5.97 Å². The van der Waals surface area contributed by atoms with Gasteiger partial charge in [-0.1, -0.05) is 0 Å². The van der Waals surface area contributed by atoms with Crippen LogP contribution in [0.1, 0.15) is 18.9 Å². The number of rotatable bonds is 8. The van der Waals surface area contributed by atoms with Crippen LogP contribution in [0, 0.1) is 16.0 Å². The minimum absolute atomic E-state index is 0. The number of hydrogen-bond donors (Lipinski definition) is 2. The average Bonchev–Trinajstić information content (AvgIpc) is 2.98. The first kappa shape index (κ1) is 23.1. The van der Waals surface area contributed by atoms with Crippen LogP contribution in [0.3, 0.4) is 0 Å². The van der Waals surface area contributed by atoms with Crippen molar-refractivity contribution in [3.05, 3.63) is 50.5 Å². The summed E-state index contributed by atoms with van der Waals surface area (Å²) in [6.07, 6.45) is -0.253. The average molecular weight is 444 g/mol. The molecule has 1 fully saturated rings. The highest BCUT2D eigenvalue weighted by atomic mass is 35.5. The van der Waals surface area contributed by atoms with Crippen LogP contribution < -0.4 is 18.1 Å². The number of carbonyl (C=O) groups is 2. The molecule has 0 aliphatic carbocycles. The molecule has 9 nitrogen and oxygen atoms in total. The number of aliphatic hydroxyl groups is 1. The van der Waals surface area contributed by atoms with Gasteiger partial charge in [0.25, 0.3) is 5.69 Å². The summed E-state index contributed by atoms with van der Waals surface area (Å²) in [7, 11) is 0. The first-order valence-corrected chi connectivity index (χ1v) is 9.90. The van der Waals surface area contributed by atoms with E-state index in [-0.39, 0.29) is 42.3 Å². The molecule has 2 aliphatic heterocycles. The van der Waals surface area contributed by atoms with E-state index >= 15 is 0 Å². The van der Waals surface area contributed by atoms with Crippen molar-refractivity contribution in [2.45, 2.75) is 32.1 Å². The second-order valence-electron chi connectivity index (χ2n) is 6.72. The Hall–Kier alpha value is -2.14. The van der Waals surface area contributed by atoms with Crippen LogP contribution in [0.5, 0.6) is 0 Å². The number of benzene rings is 1. The Morgan fingerprint density at radius 1 is 1.45 bits per heavy atom. The summed E-state index contributed by atoms with van der Waals surface area (Å²) in [6.45, 7) is 2.20. The van der Waals surface area contributed by atoms with Crippen LogP contribution in [0.2, 0.25) is 0 Å². The van der Waals surface area contributed by atoms with E-state index in [4.69, 9.17) is 4.74 Å². The molecule has 1 amide bonds. The Kier molecular flexibility index (Phi) is 7.64. The van der Waals surface area contributed by atoms with Gasteiger partial charge in [-0.3, -0.25) is 14.9 Å². The third-order valence-electron chi connectivity index (χ3n) is 4.82. The zero-order valence-corrected chi connectivity index (χ0v) is 17.3. The van der Waals surface area contributed by atoms with Crippen molar-refractivity contribution in [3.63, 3.8) is 0 Å². The number of ether oxygens (including phenoxy) is 1. The molecule has 2 aliphatic rings. The van der Waals surface area contributed by atoms with E-state index in [0.717, 1.165) is 4.91 Å². The Morgan fingerprint density at radius 2 is 2.10 bits per heavy atom. The molecule has 0 saturated carbocycles. The molecule has 1 aromatic rings. The van der Waals surface area contributed by atoms with E-state index in [1.165, 1.54) is 40.9 Å². The van der Waals surface area contributed by atoms with E-state index in [1.807, 2.05) is 0 Å². The summed E-state index contributed by atoms with van der Waals surface area (Å²) >= 11 is 1.48. The van der Waals surface area contributed by atoms with E-state index in [9.17, 15) is 24.8 Å². The van der Waals surface area contributed by atoms with Crippen molar-refractivity contribution >= 4 is 29.3 Å². The molecule has 0 radical (unpaired) electrons. The Labute approximate surface area is 177 Å². The number of thioether (sulfide) groups is 1. The molecule has 0 aromatic heterocycles. The summed E-state index contributed by atoms with van der Waals surface area (Å²) in [5.74, 6) is -0.671. The predicted molar refractivity (Wildman–Crippen MR) is 101 cm³/mol. The topological polar surface area (TPSA) is 138 Å². The van der Waals surface area contributed by atoms with Crippen molar-refractivity contribution in [1.82, 2.24) is 4.90 Å². The van der Waals surface area contributed by atoms with Crippen LogP contribution in [-0.2, 0) is 20.9 Å². The number of β-lactam (4-membered cyclic amide) rings is 1. The fourth-order valence-electron chi connectivity index (χ4n) is 3.48. The predicted octanol–water partition coefficient (Wildman–Crippen LogP) is -2.56. The molecule has 4 N–H and O–H groups in total. The fraction of sp³-hybridized carbons (Fsp3) is 0.444. The van der Waals surface area contributed by atoms with Gasteiger partial charge in [-0.2, -0.15) is 0 Å². The van der Waals surface area contributed by atoms with Gasteiger partial charge in [-0.05, 0) is 24.6 Å². The van der Waals surface area contributed by atoms with E-state index < -0.39 is 22.9 Å². The number of nitro benzene ring substituents is 1. The van der Waals surface area contributed by atoms with Crippen molar-refractivity contribution < 1.29 is 42.5 Å². The van der Waals surface area contributed by atoms with Crippen molar-refractivity contribution in [2.75, 3.05) is 12.3 Å². The zero-order valence-electron chi connectivity index (χ0n) is 15.7. The zero-order chi connectivity index (χ0) is 20.4. The first-order chi connectivity index (χ1) is 13.3. The summed E-state index contributed by atoms with van der Waals surface area (Å²) < 4.78 is 5.37. The summed E-state index contributed by atoms with van der Waals surface area (Å²) in [5, 5.41) is 20.5. The SMILES string of the molecule is C[C@@H](O)[C@H]1C(=O)N2C(C(=O)OCc3ccc([N+](=O)[O-])cc3)=C(SCC[NH3+])C[C@H]12.[Cl-]. The standard InChI is InChI=1S/C18H21N3O6S.ClH/c1-10(22)15-13-8-14(28-7-6-19)16(20(13)17(15)23)18(24)27-9-11-2-4-12(5-3-11)21(25)26;/h2-5,10,13,15,22H,6-9,19H2,1H3;1H/t10-,13-,15-;/m1./s1. The number of nitrogens with zero attached hydrogens (tertiary/aromatic N) is 2. The molecule has 3 rings (SSSR count). The van der Waals surface area contributed by atoms with Crippen LogP contribution in [0.4, 0.5) is 5.69 Å². The molecule has 29 heavy (non-hydrogen) atoms. The Balaban J connectivity index is 0.00000300. The van der Waals surface area contributed by atoms with Crippen molar-refractivity contribution in [2.24, 2.45) is 5.92 Å². The highest BCUT2D eigenvalue weighted by molar-refractivity contribution is 8.03. The lowest BCUT2D eigenvalue weighted by Crippen LogP contribution is -3.00. The number of non-ortho nitro benzene ring substituents is 1.